The van der Waals surface area contributed by atoms with Gasteiger partial charge in [0, 0.05) is 23.5 Å². The molecule has 0 unspecified atom stereocenters. The number of carbonyl (C=O) groups excluding carboxylic acids is 2. The van der Waals surface area contributed by atoms with Gasteiger partial charge in [-0.15, -0.1) is 0 Å². The van der Waals surface area contributed by atoms with Gasteiger partial charge in [0.05, 0.1) is 6.54 Å². The maximum atomic E-state index is 12.9. The molecule has 30 heavy (non-hydrogen) atoms. The second kappa shape index (κ2) is 9.69. The summed E-state index contributed by atoms with van der Waals surface area (Å²) in [7, 11) is 0. The summed E-state index contributed by atoms with van der Waals surface area (Å²) in [6.07, 6.45) is 0. The number of amides is 2. The normalized spacial score (nSPS) is 10.4. The molecule has 0 bridgehead atoms. The van der Waals surface area contributed by atoms with Crippen LogP contribution in [0.5, 0.6) is 0 Å². The summed E-state index contributed by atoms with van der Waals surface area (Å²) in [6, 6.07) is 18.6. The van der Waals surface area contributed by atoms with Gasteiger partial charge in [0.2, 0.25) is 5.91 Å². The third kappa shape index (κ3) is 5.91. The van der Waals surface area contributed by atoms with Crippen LogP contribution in [0.3, 0.4) is 0 Å². The van der Waals surface area contributed by atoms with Crippen molar-refractivity contribution < 1.29 is 14.0 Å². The summed E-state index contributed by atoms with van der Waals surface area (Å²) in [6.45, 7) is 4.51. The van der Waals surface area contributed by atoms with E-state index in [0.29, 0.717) is 17.8 Å². The highest BCUT2D eigenvalue weighted by atomic mass is 19.1. The smallest absolute Gasteiger partial charge is 0.251 e. The van der Waals surface area contributed by atoms with E-state index in [0.717, 1.165) is 16.8 Å². The fourth-order valence-electron chi connectivity index (χ4n) is 2.83. The van der Waals surface area contributed by atoms with Gasteiger partial charge in [-0.2, -0.15) is 0 Å². The van der Waals surface area contributed by atoms with E-state index in [4.69, 9.17) is 0 Å². The van der Waals surface area contributed by atoms with Crippen LogP contribution in [-0.2, 0) is 11.3 Å². The van der Waals surface area contributed by atoms with Gasteiger partial charge >= 0.3 is 0 Å². The van der Waals surface area contributed by atoms with Gasteiger partial charge in [-0.05, 0) is 79.1 Å². The molecule has 0 atom stereocenters. The lowest BCUT2D eigenvalue weighted by molar-refractivity contribution is -0.114. The molecule has 6 heteroatoms. The van der Waals surface area contributed by atoms with E-state index in [1.165, 1.54) is 17.7 Å². The van der Waals surface area contributed by atoms with Gasteiger partial charge in [-0.25, -0.2) is 4.39 Å². The molecule has 2 amide bonds. The van der Waals surface area contributed by atoms with Gasteiger partial charge in [-0.1, -0.05) is 18.2 Å². The van der Waals surface area contributed by atoms with E-state index in [9.17, 15) is 14.0 Å². The van der Waals surface area contributed by atoms with Gasteiger partial charge in [0.1, 0.15) is 5.82 Å². The Morgan fingerprint density at radius 3 is 2.17 bits per heavy atom. The summed E-state index contributed by atoms with van der Waals surface area (Å²) in [5.74, 6) is -0.734. The zero-order valence-corrected chi connectivity index (χ0v) is 17.0. The predicted octanol–water partition coefficient (Wildman–Crippen LogP) is 4.42. The molecule has 0 fully saturated rings. The van der Waals surface area contributed by atoms with Crippen molar-refractivity contribution >= 4 is 23.2 Å². The van der Waals surface area contributed by atoms with Crippen LogP contribution < -0.4 is 16.0 Å². The zero-order chi connectivity index (χ0) is 21.5. The molecule has 0 aliphatic heterocycles. The third-order valence-electron chi connectivity index (χ3n) is 4.76. The Morgan fingerprint density at radius 1 is 0.833 bits per heavy atom. The van der Waals surface area contributed by atoms with Gasteiger partial charge in [0.25, 0.3) is 5.91 Å². The van der Waals surface area contributed by atoms with Crippen molar-refractivity contribution in [3.05, 3.63) is 94.8 Å². The standard InChI is InChI=1S/C24H24FN3O2/c1-16-3-10-22(13-17(16)2)26-15-23(29)28-21-11-6-19(7-12-21)24(30)27-14-18-4-8-20(25)9-5-18/h3-13,26H,14-15H2,1-2H3,(H,27,30)(H,28,29). The van der Waals surface area contributed by atoms with Crippen LogP contribution in [0.1, 0.15) is 27.0 Å². The van der Waals surface area contributed by atoms with Crippen LogP contribution >= 0.6 is 0 Å². The minimum atomic E-state index is -0.313. The Kier molecular flexibility index (Phi) is 6.80. The fourth-order valence-corrected chi connectivity index (χ4v) is 2.83. The molecular formula is C24H24FN3O2. The van der Waals surface area contributed by atoms with Crippen molar-refractivity contribution in [1.29, 1.82) is 0 Å². The van der Waals surface area contributed by atoms with Crippen molar-refractivity contribution in [2.24, 2.45) is 0 Å². The first-order chi connectivity index (χ1) is 14.4. The highest BCUT2D eigenvalue weighted by Gasteiger charge is 2.07. The van der Waals surface area contributed by atoms with Crippen LogP contribution in [-0.4, -0.2) is 18.4 Å². The molecule has 0 saturated carbocycles. The lowest BCUT2D eigenvalue weighted by atomic mass is 10.1. The number of nitrogens with one attached hydrogen (secondary N) is 3. The number of hydrogen-bond acceptors (Lipinski definition) is 3. The van der Waals surface area contributed by atoms with Gasteiger partial charge in [0.15, 0.2) is 0 Å². The summed E-state index contributed by atoms with van der Waals surface area (Å²) >= 11 is 0. The molecule has 3 aromatic carbocycles. The number of benzene rings is 3. The number of aryl methyl sites for hydroxylation is 2. The van der Waals surface area contributed by atoms with Crippen molar-refractivity contribution in [1.82, 2.24) is 5.32 Å². The molecule has 0 spiro atoms. The minimum Gasteiger partial charge on any atom is -0.376 e. The number of rotatable bonds is 7. The highest BCUT2D eigenvalue weighted by molar-refractivity contribution is 5.96. The molecule has 0 saturated heterocycles. The Hall–Kier alpha value is -3.67. The first-order valence-corrected chi connectivity index (χ1v) is 9.64. The Labute approximate surface area is 175 Å². The average molecular weight is 405 g/mol. The van der Waals surface area contributed by atoms with E-state index in [1.807, 2.05) is 32.0 Å². The SMILES string of the molecule is Cc1ccc(NCC(=O)Nc2ccc(C(=O)NCc3ccc(F)cc3)cc2)cc1C. The molecule has 3 aromatic rings. The number of hydrogen-bond donors (Lipinski definition) is 3. The molecule has 0 aliphatic carbocycles. The molecule has 3 N–H and O–H groups in total. The second-order valence-electron chi connectivity index (χ2n) is 7.09. The van der Waals surface area contributed by atoms with Crippen molar-refractivity contribution in [3.63, 3.8) is 0 Å². The van der Waals surface area contributed by atoms with Crippen LogP contribution in [0.15, 0.2) is 66.7 Å². The molecular weight excluding hydrogens is 381 g/mol. The summed E-state index contributed by atoms with van der Waals surface area (Å²) < 4.78 is 12.9. The third-order valence-corrected chi connectivity index (χ3v) is 4.76. The molecule has 0 aliphatic rings. The fraction of sp³-hybridized carbons (Fsp3) is 0.167. The van der Waals surface area contributed by atoms with Gasteiger partial charge in [-0.3, -0.25) is 9.59 Å². The zero-order valence-electron chi connectivity index (χ0n) is 17.0. The lowest BCUT2D eigenvalue weighted by Crippen LogP contribution is -2.23. The topological polar surface area (TPSA) is 70.2 Å². The molecule has 0 radical (unpaired) electrons. The Balaban J connectivity index is 1.48. The van der Waals surface area contributed by atoms with Crippen LogP contribution in [0.25, 0.3) is 0 Å². The summed E-state index contributed by atoms with van der Waals surface area (Å²) in [5.41, 5.74) is 5.15. The molecule has 0 heterocycles. The first kappa shape index (κ1) is 21.0. The maximum Gasteiger partial charge on any atom is 0.251 e. The average Bonchev–Trinajstić information content (AvgIpc) is 2.74. The van der Waals surface area contributed by atoms with Crippen LogP contribution in [0.4, 0.5) is 15.8 Å². The number of halogens is 1. The highest BCUT2D eigenvalue weighted by Crippen LogP contribution is 2.14. The van der Waals surface area contributed by atoms with Crippen LogP contribution in [0, 0.1) is 19.7 Å². The molecule has 5 nitrogen and oxygen atoms in total. The molecule has 0 aromatic heterocycles. The molecule has 154 valence electrons. The van der Waals surface area contributed by atoms with E-state index in [1.54, 1.807) is 36.4 Å². The van der Waals surface area contributed by atoms with E-state index in [-0.39, 0.29) is 24.2 Å². The van der Waals surface area contributed by atoms with Crippen molar-refractivity contribution in [2.45, 2.75) is 20.4 Å². The quantitative estimate of drug-likeness (QED) is 0.545. The van der Waals surface area contributed by atoms with Crippen LogP contribution in [0.2, 0.25) is 0 Å². The first-order valence-electron chi connectivity index (χ1n) is 9.64. The molecule has 3 rings (SSSR count). The number of anilines is 2. The lowest BCUT2D eigenvalue weighted by Gasteiger charge is -2.10. The largest absolute Gasteiger partial charge is 0.376 e. The number of carbonyl (C=O) groups is 2. The predicted molar refractivity (Wildman–Crippen MR) is 117 cm³/mol. The second-order valence-corrected chi connectivity index (χ2v) is 7.09. The van der Waals surface area contributed by atoms with E-state index in [2.05, 4.69) is 16.0 Å². The van der Waals surface area contributed by atoms with Crippen molar-refractivity contribution in [2.75, 3.05) is 17.2 Å². The summed E-state index contributed by atoms with van der Waals surface area (Å²) in [4.78, 5) is 24.4. The summed E-state index contributed by atoms with van der Waals surface area (Å²) in [5, 5.41) is 8.68. The Bertz CT molecular complexity index is 1030. The van der Waals surface area contributed by atoms with Gasteiger partial charge < -0.3 is 16.0 Å². The van der Waals surface area contributed by atoms with E-state index < -0.39 is 0 Å². The maximum absolute atomic E-state index is 12.9. The van der Waals surface area contributed by atoms with Crippen molar-refractivity contribution in [3.8, 4) is 0 Å². The van der Waals surface area contributed by atoms with E-state index >= 15 is 0 Å². The monoisotopic (exact) mass is 405 g/mol. The Morgan fingerprint density at radius 2 is 1.50 bits per heavy atom. The minimum absolute atomic E-state index is 0.141.